The molecule has 118 valence electrons. The van der Waals surface area contributed by atoms with E-state index in [0.717, 1.165) is 12.8 Å². The molecule has 0 saturated carbocycles. The molecule has 0 aliphatic heterocycles. The van der Waals surface area contributed by atoms with Crippen LogP contribution in [0.2, 0.25) is 0 Å². The van der Waals surface area contributed by atoms with Gasteiger partial charge in [-0.25, -0.2) is 4.79 Å². The van der Waals surface area contributed by atoms with Gasteiger partial charge < -0.3 is 16.2 Å². The van der Waals surface area contributed by atoms with E-state index in [9.17, 15) is 9.59 Å². The maximum atomic E-state index is 11.8. The second kappa shape index (κ2) is 9.94. The SMILES string of the molecule is CCC(C)N.CCC(C)NC(=O)c1ccccc1C(=O)O. The van der Waals surface area contributed by atoms with Crippen molar-refractivity contribution in [3.05, 3.63) is 35.4 Å². The summed E-state index contributed by atoms with van der Waals surface area (Å²) in [6.45, 7) is 7.90. The number of carboxylic acids is 1. The lowest BCUT2D eigenvalue weighted by Crippen LogP contribution is -2.32. The molecule has 0 aromatic heterocycles. The van der Waals surface area contributed by atoms with Crippen LogP contribution in [0, 0.1) is 0 Å². The molecule has 0 radical (unpaired) electrons. The number of rotatable bonds is 5. The van der Waals surface area contributed by atoms with E-state index >= 15 is 0 Å². The van der Waals surface area contributed by atoms with Crippen LogP contribution >= 0.6 is 0 Å². The minimum atomic E-state index is -1.09. The number of amides is 1. The van der Waals surface area contributed by atoms with Crippen LogP contribution in [0.3, 0.4) is 0 Å². The molecule has 0 saturated heterocycles. The zero-order valence-corrected chi connectivity index (χ0v) is 13.2. The number of hydrogen-bond donors (Lipinski definition) is 3. The number of nitrogens with one attached hydrogen (secondary N) is 1. The van der Waals surface area contributed by atoms with Gasteiger partial charge in [0.25, 0.3) is 5.91 Å². The quantitative estimate of drug-likeness (QED) is 0.778. The van der Waals surface area contributed by atoms with Crippen molar-refractivity contribution in [2.75, 3.05) is 0 Å². The van der Waals surface area contributed by atoms with E-state index in [2.05, 4.69) is 12.2 Å². The Kier molecular flexibility index (Phi) is 9.05. The van der Waals surface area contributed by atoms with E-state index in [-0.39, 0.29) is 23.1 Å². The number of carbonyl (C=O) groups excluding carboxylic acids is 1. The molecular weight excluding hydrogens is 268 g/mol. The smallest absolute Gasteiger partial charge is 0.336 e. The van der Waals surface area contributed by atoms with E-state index in [1.54, 1.807) is 12.1 Å². The number of aromatic carboxylic acids is 1. The molecule has 1 aromatic rings. The standard InChI is InChI=1S/C12H15NO3.C4H11N/c1-3-8(2)13-11(14)9-6-4-5-7-10(9)12(15)16;1-3-4(2)5/h4-8H,3H2,1-2H3,(H,13,14)(H,15,16);4H,3,5H2,1-2H3. The Balaban J connectivity index is 0.000000690. The molecule has 0 spiro atoms. The van der Waals surface area contributed by atoms with Crippen LogP contribution in [0.15, 0.2) is 24.3 Å². The molecule has 21 heavy (non-hydrogen) atoms. The molecule has 0 aliphatic carbocycles. The normalized spacial score (nSPS) is 12.6. The zero-order valence-electron chi connectivity index (χ0n) is 13.2. The molecule has 0 aliphatic rings. The topological polar surface area (TPSA) is 92.4 Å². The average Bonchev–Trinajstić information content (AvgIpc) is 2.47. The Morgan fingerprint density at radius 1 is 1.14 bits per heavy atom. The lowest BCUT2D eigenvalue weighted by atomic mass is 10.1. The van der Waals surface area contributed by atoms with Crippen molar-refractivity contribution in [2.45, 2.75) is 52.6 Å². The van der Waals surface area contributed by atoms with Crippen LogP contribution in [0.25, 0.3) is 0 Å². The van der Waals surface area contributed by atoms with Gasteiger partial charge in [-0.05, 0) is 38.8 Å². The lowest BCUT2D eigenvalue weighted by molar-refractivity contribution is 0.0690. The molecule has 2 atom stereocenters. The predicted molar refractivity (Wildman–Crippen MR) is 84.6 cm³/mol. The first-order valence-corrected chi connectivity index (χ1v) is 7.22. The number of nitrogens with two attached hydrogens (primary N) is 1. The van der Waals surface area contributed by atoms with Crippen LogP contribution in [0.1, 0.15) is 61.3 Å². The summed E-state index contributed by atoms with van der Waals surface area (Å²) in [6.07, 6.45) is 1.89. The third kappa shape index (κ3) is 7.46. The Bertz CT molecular complexity index is 459. The summed E-state index contributed by atoms with van der Waals surface area (Å²) in [5.74, 6) is -1.43. The first-order chi connectivity index (χ1) is 9.83. The predicted octanol–water partition coefficient (Wildman–Crippen LogP) is 2.66. The molecule has 0 heterocycles. The van der Waals surface area contributed by atoms with Gasteiger partial charge in [0, 0.05) is 12.1 Å². The van der Waals surface area contributed by atoms with E-state index in [1.807, 2.05) is 20.8 Å². The monoisotopic (exact) mass is 294 g/mol. The zero-order chi connectivity index (χ0) is 16.4. The number of carboxylic acid groups (broad SMARTS) is 1. The second-order valence-electron chi connectivity index (χ2n) is 5.02. The van der Waals surface area contributed by atoms with Crippen molar-refractivity contribution in [1.29, 1.82) is 0 Å². The fourth-order valence-corrected chi connectivity index (χ4v) is 1.27. The minimum Gasteiger partial charge on any atom is -0.478 e. The van der Waals surface area contributed by atoms with Gasteiger partial charge in [0.15, 0.2) is 0 Å². The highest BCUT2D eigenvalue weighted by Gasteiger charge is 2.16. The largest absolute Gasteiger partial charge is 0.478 e. The summed E-state index contributed by atoms with van der Waals surface area (Å²) < 4.78 is 0. The Morgan fingerprint density at radius 2 is 1.62 bits per heavy atom. The molecular formula is C16H26N2O3. The highest BCUT2D eigenvalue weighted by molar-refractivity contribution is 6.04. The summed E-state index contributed by atoms with van der Waals surface area (Å²) in [7, 11) is 0. The van der Waals surface area contributed by atoms with Crippen molar-refractivity contribution in [1.82, 2.24) is 5.32 Å². The Labute approximate surface area is 126 Å². The fraction of sp³-hybridized carbons (Fsp3) is 0.500. The minimum absolute atomic E-state index is 0.0308. The summed E-state index contributed by atoms with van der Waals surface area (Å²) in [6, 6.07) is 6.61. The summed E-state index contributed by atoms with van der Waals surface area (Å²) in [5, 5.41) is 11.7. The Morgan fingerprint density at radius 3 is 2.00 bits per heavy atom. The molecule has 1 amide bonds. The maximum Gasteiger partial charge on any atom is 0.336 e. The van der Waals surface area contributed by atoms with Crippen LogP contribution < -0.4 is 11.1 Å². The molecule has 5 heteroatoms. The first-order valence-electron chi connectivity index (χ1n) is 7.22. The van der Waals surface area contributed by atoms with E-state index in [1.165, 1.54) is 12.1 Å². The third-order valence-corrected chi connectivity index (χ3v) is 3.04. The molecule has 0 bridgehead atoms. The first kappa shape index (κ1) is 19.1. The molecule has 4 N–H and O–H groups in total. The Hall–Kier alpha value is -1.88. The highest BCUT2D eigenvalue weighted by atomic mass is 16.4. The van der Waals surface area contributed by atoms with Crippen LogP contribution in [0.5, 0.6) is 0 Å². The maximum absolute atomic E-state index is 11.8. The molecule has 2 unspecified atom stereocenters. The van der Waals surface area contributed by atoms with E-state index in [4.69, 9.17) is 10.8 Å². The van der Waals surface area contributed by atoms with E-state index < -0.39 is 5.97 Å². The molecule has 1 rings (SSSR count). The van der Waals surface area contributed by atoms with E-state index in [0.29, 0.717) is 6.04 Å². The van der Waals surface area contributed by atoms with Gasteiger partial charge in [-0.1, -0.05) is 26.0 Å². The van der Waals surface area contributed by atoms with Crippen molar-refractivity contribution in [3.63, 3.8) is 0 Å². The van der Waals surface area contributed by atoms with Gasteiger partial charge in [-0.15, -0.1) is 0 Å². The van der Waals surface area contributed by atoms with Gasteiger partial charge in [-0.3, -0.25) is 4.79 Å². The van der Waals surface area contributed by atoms with Crippen molar-refractivity contribution < 1.29 is 14.7 Å². The van der Waals surface area contributed by atoms with Crippen molar-refractivity contribution >= 4 is 11.9 Å². The average molecular weight is 294 g/mol. The highest BCUT2D eigenvalue weighted by Crippen LogP contribution is 2.09. The summed E-state index contributed by atoms with van der Waals surface area (Å²) in [4.78, 5) is 22.7. The summed E-state index contributed by atoms with van der Waals surface area (Å²) in [5.41, 5.74) is 5.53. The summed E-state index contributed by atoms with van der Waals surface area (Å²) >= 11 is 0. The van der Waals surface area contributed by atoms with Gasteiger partial charge in [-0.2, -0.15) is 0 Å². The molecule has 0 fully saturated rings. The van der Waals surface area contributed by atoms with Crippen LogP contribution in [-0.2, 0) is 0 Å². The second-order valence-corrected chi connectivity index (χ2v) is 5.02. The molecule has 1 aromatic carbocycles. The van der Waals surface area contributed by atoms with Gasteiger partial charge >= 0.3 is 5.97 Å². The number of hydrogen-bond acceptors (Lipinski definition) is 3. The number of benzene rings is 1. The third-order valence-electron chi connectivity index (χ3n) is 3.04. The van der Waals surface area contributed by atoms with Crippen LogP contribution in [0.4, 0.5) is 0 Å². The van der Waals surface area contributed by atoms with Gasteiger partial charge in [0.1, 0.15) is 0 Å². The molecule has 5 nitrogen and oxygen atoms in total. The fourth-order valence-electron chi connectivity index (χ4n) is 1.27. The van der Waals surface area contributed by atoms with Crippen LogP contribution in [-0.4, -0.2) is 29.1 Å². The van der Waals surface area contributed by atoms with Gasteiger partial charge in [0.2, 0.25) is 0 Å². The van der Waals surface area contributed by atoms with Gasteiger partial charge in [0.05, 0.1) is 11.1 Å². The van der Waals surface area contributed by atoms with Crippen molar-refractivity contribution in [3.8, 4) is 0 Å². The number of carbonyl (C=O) groups is 2. The van der Waals surface area contributed by atoms with Crippen molar-refractivity contribution in [2.24, 2.45) is 5.73 Å². The lowest BCUT2D eigenvalue weighted by Gasteiger charge is -2.12.